The third-order valence-corrected chi connectivity index (χ3v) is 3.27. The molecule has 1 rings (SSSR count). The zero-order valence-corrected chi connectivity index (χ0v) is 11.4. The van der Waals surface area contributed by atoms with Crippen LogP contribution in [0.2, 0.25) is 0 Å². The summed E-state index contributed by atoms with van der Waals surface area (Å²) in [6.07, 6.45) is 4.26. The lowest BCUT2D eigenvalue weighted by Gasteiger charge is -2.15. The highest BCUT2D eigenvalue weighted by molar-refractivity contribution is 9.10. The molecule has 0 saturated heterocycles. The number of H-pyrrole nitrogens is 1. The minimum absolute atomic E-state index is 0.00887. The zero-order chi connectivity index (χ0) is 12.0. The maximum Gasteiger partial charge on any atom is 0.267 e. The molecule has 0 aliphatic carbocycles. The number of aliphatic hydroxyl groups excluding tert-OH is 1. The molecule has 1 unspecified atom stereocenters. The number of thioether (sulfide) groups is 1. The van der Waals surface area contributed by atoms with Crippen molar-refractivity contribution in [1.82, 2.24) is 10.3 Å². The molecular weight excluding hydrogens is 292 g/mol. The van der Waals surface area contributed by atoms with E-state index in [-0.39, 0.29) is 18.6 Å². The van der Waals surface area contributed by atoms with E-state index in [1.165, 1.54) is 0 Å². The quantitative estimate of drug-likeness (QED) is 0.748. The molecule has 1 aromatic heterocycles. The number of carbonyl (C=O) groups is 1. The Labute approximate surface area is 107 Å². The molecule has 0 aromatic carbocycles. The van der Waals surface area contributed by atoms with Crippen molar-refractivity contribution < 1.29 is 9.90 Å². The van der Waals surface area contributed by atoms with Gasteiger partial charge in [0.25, 0.3) is 5.91 Å². The fourth-order valence-electron chi connectivity index (χ4n) is 1.32. The van der Waals surface area contributed by atoms with E-state index in [1.54, 1.807) is 24.0 Å². The predicted molar refractivity (Wildman–Crippen MR) is 69.8 cm³/mol. The van der Waals surface area contributed by atoms with Crippen LogP contribution in [-0.2, 0) is 0 Å². The molecule has 3 N–H and O–H groups in total. The molecule has 1 aromatic rings. The minimum atomic E-state index is -0.141. The van der Waals surface area contributed by atoms with Gasteiger partial charge in [0.15, 0.2) is 0 Å². The molecule has 0 fully saturated rings. The Balaban J connectivity index is 2.54. The Morgan fingerprint density at radius 3 is 3.00 bits per heavy atom. The van der Waals surface area contributed by atoms with Gasteiger partial charge in [-0.1, -0.05) is 0 Å². The number of aromatic amines is 1. The van der Waals surface area contributed by atoms with Gasteiger partial charge in [-0.05, 0) is 34.7 Å². The van der Waals surface area contributed by atoms with Gasteiger partial charge in [0, 0.05) is 29.1 Å². The first-order valence-corrected chi connectivity index (χ1v) is 7.10. The number of rotatable bonds is 6. The van der Waals surface area contributed by atoms with E-state index in [2.05, 4.69) is 26.2 Å². The molecule has 1 heterocycles. The van der Waals surface area contributed by atoms with Crippen LogP contribution in [0.5, 0.6) is 0 Å². The van der Waals surface area contributed by atoms with Gasteiger partial charge < -0.3 is 15.4 Å². The first-order chi connectivity index (χ1) is 7.67. The SMILES string of the molecule is CSCC(CCO)NC(=O)c1cc(Br)c[nH]1. The van der Waals surface area contributed by atoms with E-state index in [9.17, 15) is 4.79 Å². The van der Waals surface area contributed by atoms with E-state index in [1.807, 2.05) is 6.26 Å². The molecule has 0 aliphatic heterocycles. The average Bonchev–Trinajstić information content (AvgIpc) is 2.65. The first kappa shape index (κ1) is 13.6. The smallest absolute Gasteiger partial charge is 0.267 e. The second-order valence-corrected chi connectivity index (χ2v) is 5.20. The molecule has 0 bridgehead atoms. The summed E-state index contributed by atoms with van der Waals surface area (Å²) in [5.74, 6) is 0.659. The number of halogens is 1. The molecule has 0 radical (unpaired) electrons. The first-order valence-electron chi connectivity index (χ1n) is 4.92. The summed E-state index contributed by atoms with van der Waals surface area (Å²) in [6, 6.07) is 1.74. The van der Waals surface area contributed by atoms with Gasteiger partial charge in [-0.15, -0.1) is 0 Å². The van der Waals surface area contributed by atoms with Crippen molar-refractivity contribution in [2.75, 3.05) is 18.6 Å². The Morgan fingerprint density at radius 2 is 2.50 bits per heavy atom. The molecule has 6 heteroatoms. The Morgan fingerprint density at radius 1 is 1.75 bits per heavy atom. The highest BCUT2D eigenvalue weighted by Gasteiger charge is 2.13. The van der Waals surface area contributed by atoms with Gasteiger partial charge in [-0.25, -0.2) is 0 Å². The number of aromatic nitrogens is 1. The fourth-order valence-corrected chi connectivity index (χ4v) is 2.31. The van der Waals surface area contributed by atoms with Crippen LogP contribution in [0.3, 0.4) is 0 Å². The average molecular weight is 307 g/mol. The molecule has 1 amide bonds. The Bertz CT molecular complexity index is 337. The summed E-state index contributed by atoms with van der Waals surface area (Å²) in [7, 11) is 0. The Hall–Kier alpha value is -0.460. The van der Waals surface area contributed by atoms with Gasteiger partial charge >= 0.3 is 0 Å². The molecule has 16 heavy (non-hydrogen) atoms. The van der Waals surface area contributed by atoms with E-state index in [0.29, 0.717) is 12.1 Å². The molecule has 90 valence electrons. The van der Waals surface area contributed by atoms with Crippen molar-refractivity contribution in [1.29, 1.82) is 0 Å². The van der Waals surface area contributed by atoms with Crippen LogP contribution in [0, 0.1) is 0 Å². The fraction of sp³-hybridized carbons (Fsp3) is 0.500. The molecular formula is C10H15BrN2O2S. The van der Waals surface area contributed by atoms with Crippen LogP contribution in [0.25, 0.3) is 0 Å². The van der Waals surface area contributed by atoms with Gasteiger partial charge in [0.05, 0.1) is 0 Å². The molecule has 0 spiro atoms. The number of nitrogens with one attached hydrogen (secondary N) is 2. The molecule has 4 nitrogen and oxygen atoms in total. The van der Waals surface area contributed by atoms with E-state index in [4.69, 9.17) is 5.11 Å². The lowest BCUT2D eigenvalue weighted by atomic mass is 10.2. The van der Waals surface area contributed by atoms with Crippen molar-refractivity contribution in [3.63, 3.8) is 0 Å². The maximum absolute atomic E-state index is 11.8. The van der Waals surface area contributed by atoms with Crippen LogP contribution < -0.4 is 5.32 Å². The predicted octanol–water partition coefficient (Wildman–Crippen LogP) is 1.62. The van der Waals surface area contributed by atoms with Gasteiger partial charge in [-0.2, -0.15) is 11.8 Å². The summed E-state index contributed by atoms with van der Waals surface area (Å²) in [6.45, 7) is 0.0833. The van der Waals surface area contributed by atoms with Crippen LogP contribution >= 0.6 is 27.7 Å². The van der Waals surface area contributed by atoms with E-state index < -0.39 is 0 Å². The van der Waals surface area contributed by atoms with Gasteiger partial charge in [0.2, 0.25) is 0 Å². The second-order valence-electron chi connectivity index (χ2n) is 3.37. The number of hydrogen-bond acceptors (Lipinski definition) is 3. The summed E-state index contributed by atoms with van der Waals surface area (Å²) >= 11 is 4.92. The number of amides is 1. The number of hydrogen-bond donors (Lipinski definition) is 3. The summed E-state index contributed by atoms with van der Waals surface area (Å²) in [4.78, 5) is 14.6. The Kier molecular flexibility index (Phi) is 5.94. The summed E-state index contributed by atoms with van der Waals surface area (Å²) < 4.78 is 0.848. The third kappa shape index (κ3) is 4.19. The minimum Gasteiger partial charge on any atom is -0.396 e. The van der Waals surface area contributed by atoms with Crippen LogP contribution in [0.4, 0.5) is 0 Å². The van der Waals surface area contributed by atoms with Crippen LogP contribution in [-0.4, -0.2) is 40.7 Å². The molecule has 0 aliphatic rings. The van der Waals surface area contributed by atoms with Crippen molar-refractivity contribution >= 4 is 33.6 Å². The van der Waals surface area contributed by atoms with Gasteiger partial charge in [-0.3, -0.25) is 4.79 Å². The highest BCUT2D eigenvalue weighted by atomic mass is 79.9. The maximum atomic E-state index is 11.8. The van der Waals surface area contributed by atoms with Crippen LogP contribution in [0.1, 0.15) is 16.9 Å². The standard InChI is InChI=1S/C10H15BrN2O2S/c1-16-6-8(2-3-14)13-10(15)9-4-7(11)5-12-9/h4-5,8,12,14H,2-3,6H2,1H3,(H,13,15). The summed E-state index contributed by atoms with van der Waals surface area (Å²) in [5.41, 5.74) is 0.524. The lowest BCUT2D eigenvalue weighted by molar-refractivity contribution is 0.0931. The topological polar surface area (TPSA) is 65.1 Å². The van der Waals surface area contributed by atoms with E-state index in [0.717, 1.165) is 10.2 Å². The zero-order valence-electron chi connectivity index (χ0n) is 9.00. The third-order valence-electron chi connectivity index (χ3n) is 2.07. The lowest BCUT2D eigenvalue weighted by Crippen LogP contribution is -2.37. The molecule has 0 saturated carbocycles. The highest BCUT2D eigenvalue weighted by Crippen LogP contribution is 2.11. The normalized spacial score (nSPS) is 12.4. The van der Waals surface area contributed by atoms with Crippen molar-refractivity contribution in [3.05, 3.63) is 22.4 Å². The number of carbonyl (C=O) groups excluding carboxylic acids is 1. The van der Waals surface area contributed by atoms with Gasteiger partial charge in [0.1, 0.15) is 5.69 Å². The van der Waals surface area contributed by atoms with Crippen molar-refractivity contribution in [2.24, 2.45) is 0 Å². The monoisotopic (exact) mass is 306 g/mol. The van der Waals surface area contributed by atoms with E-state index >= 15 is 0 Å². The van der Waals surface area contributed by atoms with Crippen LogP contribution in [0.15, 0.2) is 16.7 Å². The summed E-state index contributed by atoms with van der Waals surface area (Å²) in [5, 5.41) is 11.8. The van der Waals surface area contributed by atoms with Crippen molar-refractivity contribution in [2.45, 2.75) is 12.5 Å². The second kappa shape index (κ2) is 6.98. The molecule has 1 atom stereocenters. The largest absolute Gasteiger partial charge is 0.396 e. The number of aliphatic hydroxyl groups is 1. The van der Waals surface area contributed by atoms with Crippen molar-refractivity contribution in [3.8, 4) is 0 Å².